The molecular weight excluding hydrogens is 323 g/mol. The Bertz CT molecular complexity index is 589. The molecule has 1 aromatic rings. The van der Waals surface area contributed by atoms with E-state index in [0.29, 0.717) is 32.5 Å². The van der Waals surface area contributed by atoms with Gasteiger partial charge < -0.3 is 10.0 Å². The fourth-order valence-electron chi connectivity index (χ4n) is 2.94. The normalized spacial score (nSPS) is 15.9. The predicted molar refractivity (Wildman–Crippen MR) is 85.2 cm³/mol. The van der Waals surface area contributed by atoms with Crippen LogP contribution in [-0.4, -0.2) is 59.0 Å². The number of benzene rings is 1. The summed E-state index contributed by atoms with van der Waals surface area (Å²) in [6.45, 7) is 3.55. The number of aliphatic carboxylic acids is 1. The summed E-state index contributed by atoms with van der Waals surface area (Å²) in [5.74, 6) is -1.82. The van der Waals surface area contributed by atoms with Crippen molar-refractivity contribution >= 4 is 23.5 Å². The minimum atomic E-state index is -0.853. The van der Waals surface area contributed by atoms with Crippen molar-refractivity contribution in [3.05, 3.63) is 34.6 Å². The first-order chi connectivity index (χ1) is 10.9. The molecule has 2 rings (SSSR count). The molecule has 0 atom stereocenters. The molecule has 7 heteroatoms. The number of hydrogen-bond acceptors (Lipinski definition) is 3. The lowest BCUT2D eigenvalue weighted by molar-refractivity contribution is -0.139. The standard InChI is InChI=1S/C16H20ClFN2O3/c1-2-19(10-15(21)22)12-5-7-20(8-6-12)16(23)13-4-3-11(17)9-14(13)18/h3-4,9,12H,2,5-8,10H2,1H3,(H,21,22). The van der Waals surface area contributed by atoms with Crippen molar-refractivity contribution in [2.24, 2.45) is 0 Å². The summed E-state index contributed by atoms with van der Waals surface area (Å²) < 4.78 is 13.9. The molecule has 0 aliphatic carbocycles. The lowest BCUT2D eigenvalue weighted by Gasteiger charge is -2.37. The van der Waals surface area contributed by atoms with E-state index in [2.05, 4.69) is 0 Å². The second-order valence-corrected chi connectivity index (χ2v) is 6.04. The summed E-state index contributed by atoms with van der Waals surface area (Å²) in [6, 6.07) is 4.16. The van der Waals surface area contributed by atoms with Crippen LogP contribution in [0.1, 0.15) is 30.1 Å². The van der Waals surface area contributed by atoms with Gasteiger partial charge in [0.15, 0.2) is 0 Å². The molecule has 0 aromatic heterocycles. The molecule has 1 amide bonds. The monoisotopic (exact) mass is 342 g/mol. The number of likely N-dealkylation sites (tertiary alicyclic amines) is 1. The van der Waals surface area contributed by atoms with Gasteiger partial charge in [0, 0.05) is 24.2 Å². The van der Waals surface area contributed by atoms with Crippen molar-refractivity contribution in [1.29, 1.82) is 0 Å². The average Bonchev–Trinajstić information content (AvgIpc) is 2.52. The van der Waals surface area contributed by atoms with Gasteiger partial charge in [-0.25, -0.2) is 4.39 Å². The van der Waals surface area contributed by atoms with Crippen molar-refractivity contribution in [3.8, 4) is 0 Å². The van der Waals surface area contributed by atoms with Crippen molar-refractivity contribution in [3.63, 3.8) is 0 Å². The SMILES string of the molecule is CCN(CC(=O)O)C1CCN(C(=O)c2ccc(Cl)cc2F)CC1. The quantitative estimate of drug-likeness (QED) is 0.893. The molecule has 23 heavy (non-hydrogen) atoms. The van der Waals surface area contributed by atoms with E-state index < -0.39 is 11.8 Å². The van der Waals surface area contributed by atoms with Crippen LogP contribution in [0.5, 0.6) is 0 Å². The van der Waals surface area contributed by atoms with E-state index in [9.17, 15) is 14.0 Å². The van der Waals surface area contributed by atoms with E-state index in [1.54, 1.807) is 4.90 Å². The summed E-state index contributed by atoms with van der Waals surface area (Å²) in [7, 11) is 0. The van der Waals surface area contributed by atoms with Gasteiger partial charge in [-0.15, -0.1) is 0 Å². The van der Waals surface area contributed by atoms with E-state index in [1.807, 2.05) is 11.8 Å². The van der Waals surface area contributed by atoms with Crippen molar-refractivity contribution in [2.45, 2.75) is 25.8 Å². The number of amides is 1. The zero-order chi connectivity index (χ0) is 17.0. The molecule has 0 unspecified atom stereocenters. The lowest BCUT2D eigenvalue weighted by atomic mass is 10.0. The van der Waals surface area contributed by atoms with Gasteiger partial charge in [-0.05, 0) is 37.6 Å². The van der Waals surface area contributed by atoms with Crippen LogP contribution in [-0.2, 0) is 4.79 Å². The van der Waals surface area contributed by atoms with Gasteiger partial charge in [0.25, 0.3) is 5.91 Å². The van der Waals surface area contributed by atoms with Crippen molar-refractivity contribution < 1.29 is 19.1 Å². The fourth-order valence-corrected chi connectivity index (χ4v) is 3.10. The highest BCUT2D eigenvalue weighted by molar-refractivity contribution is 6.30. The lowest BCUT2D eigenvalue weighted by Crippen LogP contribution is -2.48. The summed E-state index contributed by atoms with van der Waals surface area (Å²) in [5, 5.41) is 9.18. The Morgan fingerprint density at radius 1 is 1.39 bits per heavy atom. The highest BCUT2D eigenvalue weighted by atomic mass is 35.5. The predicted octanol–water partition coefficient (Wildman–Crippen LogP) is 2.49. The van der Waals surface area contributed by atoms with Gasteiger partial charge in [-0.2, -0.15) is 0 Å². The van der Waals surface area contributed by atoms with E-state index >= 15 is 0 Å². The summed E-state index contributed by atoms with van der Waals surface area (Å²) >= 11 is 5.70. The Labute approximate surface area is 139 Å². The highest BCUT2D eigenvalue weighted by Crippen LogP contribution is 2.21. The number of halogens is 2. The summed E-state index contributed by atoms with van der Waals surface area (Å²) in [6.07, 6.45) is 1.37. The second-order valence-electron chi connectivity index (χ2n) is 5.60. The number of carboxylic acids is 1. The average molecular weight is 343 g/mol. The number of carboxylic acid groups (broad SMARTS) is 1. The van der Waals surface area contributed by atoms with Gasteiger partial charge in [0.05, 0.1) is 12.1 Å². The number of piperidine rings is 1. The first-order valence-corrected chi connectivity index (χ1v) is 8.00. The van der Waals surface area contributed by atoms with Crippen LogP contribution in [0.25, 0.3) is 0 Å². The Hall–Kier alpha value is -1.66. The molecule has 0 spiro atoms. The zero-order valence-electron chi connectivity index (χ0n) is 13.0. The first kappa shape index (κ1) is 17.7. The van der Waals surface area contributed by atoms with Gasteiger partial charge in [-0.1, -0.05) is 18.5 Å². The van der Waals surface area contributed by atoms with Gasteiger partial charge in [0.2, 0.25) is 0 Å². The Balaban J connectivity index is 1.98. The van der Waals surface area contributed by atoms with Crippen molar-refractivity contribution in [2.75, 3.05) is 26.2 Å². The molecular formula is C16H20ClFN2O3. The van der Waals surface area contributed by atoms with Crippen LogP contribution in [0.3, 0.4) is 0 Å². The molecule has 1 aliphatic heterocycles. The second kappa shape index (κ2) is 7.75. The number of nitrogens with zero attached hydrogens (tertiary/aromatic N) is 2. The van der Waals surface area contributed by atoms with Crippen LogP contribution in [0.4, 0.5) is 4.39 Å². The van der Waals surface area contributed by atoms with E-state index in [1.165, 1.54) is 12.1 Å². The van der Waals surface area contributed by atoms with E-state index in [4.69, 9.17) is 16.7 Å². The minimum absolute atomic E-state index is 0.000918. The van der Waals surface area contributed by atoms with Crippen LogP contribution < -0.4 is 0 Å². The van der Waals surface area contributed by atoms with Crippen LogP contribution in [0, 0.1) is 5.82 Å². The van der Waals surface area contributed by atoms with Crippen molar-refractivity contribution in [1.82, 2.24) is 9.80 Å². The number of carbonyl (C=O) groups is 2. The fraction of sp³-hybridized carbons (Fsp3) is 0.500. The van der Waals surface area contributed by atoms with Gasteiger partial charge in [-0.3, -0.25) is 14.5 Å². The summed E-state index contributed by atoms with van der Waals surface area (Å²) in [5.41, 5.74) is 0.0192. The maximum atomic E-state index is 13.9. The van der Waals surface area contributed by atoms with E-state index in [0.717, 1.165) is 6.07 Å². The largest absolute Gasteiger partial charge is 0.480 e. The molecule has 126 valence electrons. The highest BCUT2D eigenvalue weighted by Gasteiger charge is 2.28. The number of hydrogen-bond donors (Lipinski definition) is 1. The Kier molecular flexibility index (Phi) is 5.96. The van der Waals surface area contributed by atoms with Gasteiger partial charge in [0.1, 0.15) is 5.82 Å². The molecule has 0 saturated carbocycles. The third kappa shape index (κ3) is 4.42. The summed E-state index contributed by atoms with van der Waals surface area (Å²) in [4.78, 5) is 26.8. The maximum Gasteiger partial charge on any atom is 0.317 e. The Morgan fingerprint density at radius 3 is 2.57 bits per heavy atom. The molecule has 1 aliphatic rings. The molecule has 1 heterocycles. The van der Waals surface area contributed by atoms with Crippen LogP contribution >= 0.6 is 11.6 Å². The molecule has 1 fully saturated rings. The molecule has 5 nitrogen and oxygen atoms in total. The molecule has 1 N–H and O–H groups in total. The molecule has 1 aromatic carbocycles. The maximum absolute atomic E-state index is 13.9. The number of likely N-dealkylation sites (N-methyl/N-ethyl adjacent to an activating group) is 1. The van der Waals surface area contributed by atoms with Crippen LogP contribution in [0.15, 0.2) is 18.2 Å². The zero-order valence-corrected chi connectivity index (χ0v) is 13.7. The van der Waals surface area contributed by atoms with Gasteiger partial charge >= 0.3 is 5.97 Å². The molecule has 0 bridgehead atoms. The number of carbonyl (C=O) groups excluding carboxylic acids is 1. The Morgan fingerprint density at radius 2 is 2.04 bits per heavy atom. The molecule has 0 radical (unpaired) electrons. The topological polar surface area (TPSA) is 60.9 Å². The van der Waals surface area contributed by atoms with Crippen LogP contribution in [0.2, 0.25) is 5.02 Å². The van der Waals surface area contributed by atoms with E-state index in [-0.39, 0.29) is 29.1 Å². The third-order valence-electron chi connectivity index (χ3n) is 4.17. The minimum Gasteiger partial charge on any atom is -0.480 e. The molecule has 1 saturated heterocycles. The smallest absolute Gasteiger partial charge is 0.317 e. The third-order valence-corrected chi connectivity index (χ3v) is 4.41. The number of rotatable bonds is 5. The first-order valence-electron chi connectivity index (χ1n) is 7.62.